The van der Waals surface area contributed by atoms with Gasteiger partial charge in [0.05, 0.1) is 11.5 Å². The van der Waals surface area contributed by atoms with E-state index in [2.05, 4.69) is 21.7 Å². The smallest absolute Gasteiger partial charge is 0.150 e. The lowest BCUT2D eigenvalue weighted by Crippen LogP contribution is -2.28. The third kappa shape index (κ3) is 2.83. The Kier molecular flexibility index (Phi) is 3.37. The molecule has 3 heterocycles. The molecule has 0 radical (unpaired) electrons. The van der Waals surface area contributed by atoms with Crippen LogP contribution in [-0.4, -0.2) is 34.7 Å². The van der Waals surface area contributed by atoms with Gasteiger partial charge in [0.15, 0.2) is 9.84 Å². The Morgan fingerprint density at radius 1 is 1.32 bits per heavy atom. The molecule has 0 spiro atoms. The Morgan fingerprint density at radius 2 is 2.16 bits per heavy atom. The molecule has 2 aliphatic heterocycles. The van der Waals surface area contributed by atoms with E-state index in [4.69, 9.17) is 0 Å². The van der Waals surface area contributed by atoms with Crippen molar-refractivity contribution in [1.29, 1.82) is 0 Å². The molecular formula is C13H21N3O2S. The third-order valence-electron chi connectivity index (χ3n) is 4.29. The number of aromatic nitrogens is 3. The monoisotopic (exact) mass is 283 g/mol. The standard InChI is InChI=1S/C13H21N3O2S/c1-10-4-5-12-14-15-13(16(12)8-10)7-11-3-2-6-19(17,18)9-11/h10-11H,2-9H2,1H3. The summed E-state index contributed by atoms with van der Waals surface area (Å²) in [7, 11) is -2.82. The van der Waals surface area contributed by atoms with Crippen molar-refractivity contribution >= 4 is 9.84 Å². The minimum Gasteiger partial charge on any atom is -0.315 e. The lowest BCUT2D eigenvalue weighted by Gasteiger charge is -2.24. The molecule has 3 rings (SSSR count). The van der Waals surface area contributed by atoms with Gasteiger partial charge in [0.1, 0.15) is 11.6 Å². The zero-order valence-corrected chi connectivity index (χ0v) is 12.2. The van der Waals surface area contributed by atoms with Crippen LogP contribution in [0.3, 0.4) is 0 Å². The lowest BCUT2D eigenvalue weighted by atomic mass is 9.99. The summed E-state index contributed by atoms with van der Waals surface area (Å²) < 4.78 is 25.6. The van der Waals surface area contributed by atoms with E-state index >= 15 is 0 Å². The molecular weight excluding hydrogens is 262 g/mol. The van der Waals surface area contributed by atoms with Crippen LogP contribution in [-0.2, 0) is 29.2 Å². The van der Waals surface area contributed by atoms with Crippen LogP contribution >= 0.6 is 0 Å². The van der Waals surface area contributed by atoms with E-state index in [0.717, 1.165) is 43.9 Å². The van der Waals surface area contributed by atoms with Gasteiger partial charge in [0, 0.05) is 19.4 Å². The first-order valence-corrected chi connectivity index (χ1v) is 8.97. The van der Waals surface area contributed by atoms with Gasteiger partial charge in [-0.25, -0.2) is 8.42 Å². The van der Waals surface area contributed by atoms with Crippen LogP contribution < -0.4 is 0 Å². The Hall–Kier alpha value is -0.910. The highest BCUT2D eigenvalue weighted by Gasteiger charge is 2.28. The zero-order chi connectivity index (χ0) is 13.5. The average Bonchev–Trinajstić information content (AvgIpc) is 2.71. The summed E-state index contributed by atoms with van der Waals surface area (Å²) in [5, 5.41) is 8.55. The molecule has 0 aromatic carbocycles. The second-order valence-electron chi connectivity index (χ2n) is 6.11. The maximum absolute atomic E-state index is 11.7. The molecule has 1 saturated heterocycles. The first-order valence-electron chi connectivity index (χ1n) is 7.15. The van der Waals surface area contributed by atoms with Crippen molar-refractivity contribution in [3.63, 3.8) is 0 Å². The lowest BCUT2D eigenvalue weighted by molar-refractivity contribution is 0.377. The summed E-state index contributed by atoms with van der Waals surface area (Å²) in [6.07, 6.45) is 4.73. The summed E-state index contributed by atoms with van der Waals surface area (Å²) >= 11 is 0. The van der Waals surface area contributed by atoms with Crippen LogP contribution in [0.5, 0.6) is 0 Å². The minimum absolute atomic E-state index is 0.226. The van der Waals surface area contributed by atoms with Crippen molar-refractivity contribution < 1.29 is 8.42 Å². The summed E-state index contributed by atoms with van der Waals surface area (Å²) in [6.45, 7) is 3.23. The number of rotatable bonds is 2. The van der Waals surface area contributed by atoms with Crippen molar-refractivity contribution in [2.75, 3.05) is 11.5 Å². The summed E-state index contributed by atoms with van der Waals surface area (Å²) in [6, 6.07) is 0. The SMILES string of the molecule is CC1CCc2nnc(CC3CCCS(=O)(=O)C3)n2C1. The zero-order valence-electron chi connectivity index (χ0n) is 11.4. The van der Waals surface area contributed by atoms with Gasteiger partial charge in [-0.15, -0.1) is 10.2 Å². The normalized spacial score (nSPS) is 29.9. The number of hydrogen-bond acceptors (Lipinski definition) is 4. The quantitative estimate of drug-likeness (QED) is 0.819. The van der Waals surface area contributed by atoms with Crippen LogP contribution in [0.25, 0.3) is 0 Å². The number of sulfone groups is 1. The van der Waals surface area contributed by atoms with Crippen LogP contribution in [0.4, 0.5) is 0 Å². The van der Waals surface area contributed by atoms with Gasteiger partial charge in [0.25, 0.3) is 0 Å². The second-order valence-corrected chi connectivity index (χ2v) is 8.34. The maximum Gasteiger partial charge on any atom is 0.150 e. The molecule has 1 aromatic heterocycles. The first-order chi connectivity index (χ1) is 9.03. The second kappa shape index (κ2) is 4.89. The molecule has 1 fully saturated rings. The predicted octanol–water partition coefficient (Wildman–Crippen LogP) is 1.23. The Bertz CT molecular complexity index is 564. The summed E-state index contributed by atoms with van der Waals surface area (Å²) in [5.74, 6) is 3.64. The molecule has 2 atom stereocenters. The Balaban J connectivity index is 1.75. The van der Waals surface area contributed by atoms with Crippen molar-refractivity contribution in [3.05, 3.63) is 11.6 Å². The van der Waals surface area contributed by atoms with Crippen LogP contribution in [0.2, 0.25) is 0 Å². The highest BCUT2D eigenvalue weighted by Crippen LogP contribution is 2.25. The maximum atomic E-state index is 11.7. The van der Waals surface area contributed by atoms with Gasteiger partial charge in [-0.3, -0.25) is 0 Å². The molecule has 6 heteroatoms. The van der Waals surface area contributed by atoms with Gasteiger partial charge < -0.3 is 4.57 Å². The molecule has 0 saturated carbocycles. The Labute approximate surface area is 114 Å². The third-order valence-corrected chi connectivity index (χ3v) is 6.18. The van der Waals surface area contributed by atoms with Crippen molar-refractivity contribution in [1.82, 2.24) is 14.8 Å². The summed E-state index contributed by atoms with van der Waals surface area (Å²) in [4.78, 5) is 0. The van der Waals surface area contributed by atoms with Crippen LogP contribution in [0.1, 0.15) is 37.8 Å². The van der Waals surface area contributed by atoms with Crippen molar-refractivity contribution in [2.45, 2.75) is 45.6 Å². The van der Waals surface area contributed by atoms with Gasteiger partial charge >= 0.3 is 0 Å². The predicted molar refractivity (Wildman–Crippen MR) is 72.6 cm³/mol. The molecule has 0 N–H and O–H groups in total. The van der Waals surface area contributed by atoms with Crippen molar-refractivity contribution in [2.24, 2.45) is 11.8 Å². The number of aryl methyl sites for hydroxylation is 1. The number of hydrogen-bond donors (Lipinski definition) is 0. The van der Waals surface area contributed by atoms with E-state index in [1.807, 2.05) is 0 Å². The molecule has 1 aromatic rings. The molecule has 0 aliphatic carbocycles. The molecule has 0 bridgehead atoms. The molecule has 19 heavy (non-hydrogen) atoms. The Morgan fingerprint density at radius 3 is 2.95 bits per heavy atom. The molecule has 106 valence electrons. The van der Waals surface area contributed by atoms with E-state index in [-0.39, 0.29) is 5.92 Å². The summed E-state index contributed by atoms with van der Waals surface area (Å²) in [5.41, 5.74) is 0. The highest BCUT2D eigenvalue weighted by atomic mass is 32.2. The molecule has 5 nitrogen and oxygen atoms in total. The van der Waals surface area contributed by atoms with Crippen molar-refractivity contribution in [3.8, 4) is 0 Å². The first kappa shape index (κ1) is 13.1. The van der Waals surface area contributed by atoms with Gasteiger partial charge in [0.2, 0.25) is 0 Å². The molecule has 2 unspecified atom stereocenters. The largest absolute Gasteiger partial charge is 0.315 e. The number of fused-ring (bicyclic) bond motifs is 1. The van der Waals surface area contributed by atoms with Gasteiger partial charge in [-0.1, -0.05) is 6.92 Å². The molecule has 0 amide bonds. The van der Waals surface area contributed by atoms with E-state index < -0.39 is 9.84 Å². The fourth-order valence-electron chi connectivity index (χ4n) is 3.23. The average molecular weight is 283 g/mol. The van der Waals surface area contributed by atoms with E-state index in [1.165, 1.54) is 6.42 Å². The fraction of sp³-hybridized carbons (Fsp3) is 0.846. The minimum atomic E-state index is -2.82. The van der Waals surface area contributed by atoms with E-state index in [1.54, 1.807) is 0 Å². The van der Waals surface area contributed by atoms with Gasteiger partial charge in [-0.05, 0) is 31.1 Å². The van der Waals surface area contributed by atoms with Crippen LogP contribution in [0, 0.1) is 11.8 Å². The topological polar surface area (TPSA) is 64.8 Å². The van der Waals surface area contributed by atoms with E-state index in [0.29, 0.717) is 17.4 Å². The van der Waals surface area contributed by atoms with Crippen LogP contribution in [0.15, 0.2) is 0 Å². The number of nitrogens with zero attached hydrogens (tertiary/aromatic N) is 3. The fourth-order valence-corrected chi connectivity index (χ4v) is 5.01. The van der Waals surface area contributed by atoms with E-state index in [9.17, 15) is 8.42 Å². The highest BCUT2D eigenvalue weighted by molar-refractivity contribution is 7.91. The molecule has 2 aliphatic rings. The van der Waals surface area contributed by atoms with Gasteiger partial charge in [-0.2, -0.15) is 0 Å².